The summed E-state index contributed by atoms with van der Waals surface area (Å²) in [7, 11) is -2.21. The predicted octanol–water partition coefficient (Wildman–Crippen LogP) is 1.95. The Morgan fingerprint density at radius 1 is 1.37 bits per heavy atom. The molecule has 1 N–H and O–H groups in total. The quantitative estimate of drug-likeness (QED) is 0.477. The molecule has 1 aliphatic heterocycles. The van der Waals surface area contributed by atoms with Crippen molar-refractivity contribution in [2.75, 3.05) is 33.4 Å². The average molecular weight is 398 g/mol. The number of carboxylic acids is 1. The van der Waals surface area contributed by atoms with Gasteiger partial charge >= 0.3 is 5.97 Å². The second-order valence-corrected chi connectivity index (χ2v) is 8.60. The maximum atomic E-state index is 12.5. The number of carboxylic acid groups (broad SMARTS) is 1. The summed E-state index contributed by atoms with van der Waals surface area (Å²) >= 11 is 0. The van der Waals surface area contributed by atoms with Gasteiger partial charge in [-0.2, -0.15) is 0 Å². The molecule has 150 valence electrons. The molecular weight excluding hydrogens is 372 g/mol. The SMILES string of the molecule is C/C(=N\OCC1CCOC1)c1ccc(S(=O)(=O)N(C)CCCC(=O)O)cc1. The van der Waals surface area contributed by atoms with E-state index in [0.29, 0.717) is 24.8 Å². The van der Waals surface area contributed by atoms with E-state index >= 15 is 0 Å². The minimum absolute atomic E-state index is 0.0680. The number of ether oxygens (including phenoxy) is 1. The van der Waals surface area contributed by atoms with Crippen molar-refractivity contribution in [3.05, 3.63) is 29.8 Å². The van der Waals surface area contributed by atoms with Gasteiger partial charge in [-0.25, -0.2) is 12.7 Å². The van der Waals surface area contributed by atoms with Crippen LogP contribution in [0.1, 0.15) is 31.7 Å². The van der Waals surface area contributed by atoms with Crippen molar-refractivity contribution >= 4 is 21.7 Å². The van der Waals surface area contributed by atoms with E-state index in [1.54, 1.807) is 19.1 Å². The molecule has 1 saturated heterocycles. The highest BCUT2D eigenvalue weighted by Gasteiger charge is 2.21. The van der Waals surface area contributed by atoms with Crippen LogP contribution in [-0.2, 0) is 24.4 Å². The first kappa shape index (κ1) is 21.3. The van der Waals surface area contributed by atoms with Gasteiger partial charge in [-0.1, -0.05) is 17.3 Å². The number of sulfonamides is 1. The lowest BCUT2D eigenvalue weighted by atomic mass is 10.1. The number of nitrogens with zero attached hydrogens (tertiary/aromatic N) is 2. The highest BCUT2D eigenvalue weighted by molar-refractivity contribution is 7.89. The largest absolute Gasteiger partial charge is 0.481 e. The lowest BCUT2D eigenvalue weighted by molar-refractivity contribution is -0.137. The molecule has 1 aromatic rings. The molecule has 0 saturated carbocycles. The Bertz CT molecular complexity index is 755. The van der Waals surface area contributed by atoms with Gasteiger partial charge < -0.3 is 14.7 Å². The fourth-order valence-corrected chi connectivity index (χ4v) is 3.84. The van der Waals surface area contributed by atoms with Crippen LogP contribution in [-0.4, -0.2) is 62.9 Å². The molecule has 1 atom stereocenters. The van der Waals surface area contributed by atoms with Crippen molar-refractivity contribution in [2.45, 2.75) is 31.1 Å². The Hall–Kier alpha value is -1.97. The summed E-state index contributed by atoms with van der Waals surface area (Å²) in [5, 5.41) is 12.7. The Kier molecular flexibility index (Phi) is 7.76. The Morgan fingerprint density at radius 3 is 2.67 bits per heavy atom. The molecular formula is C18H26N2O6S. The van der Waals surface area contributed by atoms with Gasteiger partial charge in [0.15, 0.2) is 0 Å². The number of carbonyl (C=O) groups is 1. The van der Waals surface area contributed by atoms with Crippen LogP contribution in [0.25, 0.3) is 0 Å². The molecule has 0 radical (unpaired) electrons. The minimum Gasteiger partial charge on any atom is -0.481 e. The normalized spacial score (nSPS) is 18.0. The zero-order valence-corrected chi connectivity index (χ0v) is 16.4. The highest BCUT2D eigenvalue weighted by Crippen LogP contribution is 2.17. The second-order valence-electron chi connectivity index (χ2n) is 6.55. The number of hydrogen-bond acceptors (Lipinski definition) is 6. The van der Waals surface area contributed by atoms with E-state index < -0.39 is 16.0 Å². The van der Waals surface area contributed by atoms with Crippen LogP contribution in [0.4, 0.5) is 0 Å². The van der Waals surface area contributed by atoms with Crippen molar-refractivity contribution in [2.24, 2.45) is 11.1 Å². The van der Waals surface area contributed by atoms with Gasteiger partial charge in [-0.3, -0.25) is 4.79 Å². The standard InChI is InChI=1S/C18H26N2O6S/c1-14(19-26-13-15-9-11-25-12-15)16-5-7-17(8-6-16)27(23,24)20(2)10-3-4-18(21)22/h5-8,15H,3-4,9-13H2,1-2H3,(H,21,22)/b19-14+. The number of rotatable bonds is 10. The molecule has 0 amide bonds. The van der Waals surface area contributed by atoms with E-state index in [0.717, 1.165) is 18.6 Å². The number of hydrogen-bond donors (Lipinski definition) is 1. The molecule has 8 nitrogen and oxygen atoms in total. The maximum absolute atomic E-state index is 12.5. The van der Waals surface area contributed by atoms with Crippen LogP contribution in [0, 0.1) is 5.92 Å². The summed E-state index contributed by atoms with van der Waals surface area (Å²) in [5.41, 5.74) is 1.43. The second kappa shape index (κ2) is 9.82. The molecule has 1 fully saturated rings. The molecule has 0 aromatic heterocycles. The van der Waals surface area contributed by atoms with Crippen molar-refractivity contribution < 1.29 is 27.9 Å². The van der Waals surface area contributed by atoms with E-state index in [4.69, 9.17) is 14.7 Å². The van der Waals surface area contributed by atoms with Gasteiger partial charge in [-0.05, 0) is 37.5 Å². The lowest BCUT2D eigenvalue weighted by Crippen LogP contribution is -2.28. The molecule has 1 aromatic carbocycles. The molecule has 0 spiro atoms. The topological polar surface area (TPSA) is 106 Å². The third-order valence-electron chi connectivity index (χ3n) is 4.38. The maximum Gasteiger partial charge on any atom is 0.303 e. The summed E-state index contributed by atoms with van der Waals surface area (Å²) in [6.07, 6.45) is 1.17. The van der Waals surface area contributed by atoms with Crippen molar-refractivity contribution in [1.82, 2.24) is 4.31 Å². The smallest absolute Gasteiger partial charge is 0.303 e. The van der Waals surface area contributed by atoms with E-state index in [2.05, 4.69) is 5.16 Å². The van der Waals surface area contributed by atoms with Crippen LogP contribution in [0.2, 0.25) is 0 Å². The number of benzene rings is 1. The van der Waals surface area contributed by atoms with Crippen molar-refractivity contribution in [3.8, 4) is 0 Å². The minimum atomic E-state index is -3.65. The van der Waals surface area contributed by atoms with E-state index in [-0.39, 0.29) is 24.3 Å². The summed E-state index contributed by atoms with van der Waals surface area (Å²) in [5.74, 6) is -0.576. The lowest BCUT2D eigenvalue weighted by Gasteiger charge is -2.17. The van der Waals surface area contributed by atoms with Crippen molar-refractivity contribution in [1.29, 1.82) is 0 Å². The monoisotopic (exact) mass is 398 g/mol. The predicted molar refractivity (Wildman–Crippen MR) is 100 cm³/mol. The average Bonchev–Trinajstić information content (AvgIpc) is 3.14. The van der Waals surface area contributed by atoms with E-state index in [1.165, 1.54) is 23.5 Å². The van der Waals surface area contributed by atoms with E-state index in [1.807, 2.05) is 0 Å². The van der Waals surface area contributed by atoms with Crippen LogP contribution in [0.5, 0.6) is 0 Å². The van der Waals surface area contributed by atoms with Gasteiger partial charge in [0.2, 0.25) is 10.0 Å². The van der Waals surface area contributed by atoms with Crippen LogP contribution in [0.15, 0.2) is 34.3 Å². The molecule has 27 heavy (non-hydrogen) atoms. The fourth-order valence-electron chi connectivity index (χ4n) is 2.63. The zero-order chi connectivity index (χ0) is 19.9. The third kappa shape index (κ3) is 6.30. The molecule has 1 aliphatic rings. The molecule has 0 bridgehead atoms. The van der Waals surface area contributed by atoms with Gasteiger partial charge in [0.05, 0.1) is 17.2 Å². The Labute approximate surface area is 159 Å². The summed E-state index contributed by atoms with van der Waals surface area (Å²) in [6.45, 7) is 3.91. The highest BCUT2D eigenvalue weighted by atomic mass is 32.2. The first-order valence-electron chi connectivity index (χ1n) is 8.83. The summed E-state index contributed by atoms with van der Waals surface area (Å²) in [6, 6.07) is 6.39. The van der Waals surface area contributed by atoms with E-state index in [9.17, 15) is 13.2 Å². The van der Waals surface area contributed by atoms with Crippen LogP contribution in [0.3, 0.4) is 0 Å². The number of aliphatic carboxylic acids is 1. The first-order valence-corrected chi connectivity index (χ1v) is 10.3. The summed E-state index contributed by atoms with van der Waals surface area (Å²) < 4.78 is 31.5. The number of oxime groups is 1. The van der Waals surface area contributed by atoms with Gasteiger partial charge in [0, 0.05) is 32.5 Å². The van der Waals surface area contributed by atoms with Crippen molar-refractivity contribution in [3.63, 3.8) is 0 Å². The van der Waals surface area contributed by atoms with Crippen LogP contribution < -0.4 is 0 Å². The summed E-state index contributed by atoms with van der Waals surface area (Å²) in [4.78, 5) is 16.1. The Balaban J connectivity index is 1.94. The molecule has 0 aliphatic carbocycles. The Morgan fingerprint density at radius 2 is 2.07 bits per heavy atom. The molecule has 9 heteroatoms. The van der Waals surface area contributed by atoms with Gasteiger partial charge in [0.25, 0.3) is 0 Å². The fraction of sp³-hybridized carbons (Fsp3) is 0.556. The zero-order valence-electron chi connectivity index (χ0n) is 15.6. The molecule has 2 rings (SSSR count). The third-order valence-corrected chi connectivity index (χ3v) is 6.25. The molecule has 1 heterocycles. The van der Waals surface area contributed by atoms with Gasteiger partial charge in [-0.15, -0.1) is 0 Å². The first-order chi connectivity index (χ1) is 12.8. The van der Waals surface area contributed by atoms with Gasteiger partial charge in [0.1, 0.15) is 6.61 Å². The molecule has 1 unspecified atom stereocenters. The van der Waals surface area contributed by atoms with Crippen LogP contribution >= 0.6 is 0 Å².